The van der Waals surface area contributed by atoms with Crippen LogP contribution in [0.1, 0.15) is 0 Å². The maximum Gasteiger partial charge on any atom is 0.0541 e. The summed E-state index contributed by atoms with van der Waals surface area (Å²) in [5, 5.41) is 4.96. The van der Waals surface area contributed by atoms with Gasteiger partial charge in [-0.15, -0.1) is 0 Å². The molecule has 0 fully saturated rings. The average Bonchev–Trinajstić information content (AvgIpc) is 3.67. The minimum absolute atomic E-state index is 1.07. The van der Waals surface area contributed by atoms with Crippen molar-refractivity contribution in [3.05, 3.63) is 243 Å². The molecule has 0 atom stereocenters. The topological polar surface area (TPSA) is 8.17 Å². The molecule has 11 aromatic rings. The summed E-state index contributed by atoms with van der Waals surface area (Å²) in [7, 11) is 0. The van der Waals surface area contributed by atoms with Crippen LogP contribution in [0.5, 0.6) is 0 Å². The van der Waals surface area contributed by atoms with Crippen LogP contribution < -0.4 is 4.90 Å². The lowest BCUT2D eigenvalue weighted by Crippen LogP contribution is -2.12. The molecule has 0 bridgehead atoms. The summed E-state index contributed by atoms with van der Waals surface area (Å²) in [5.74, 6) is 0. The second-order valence-electron chi connectivity index (χ2n) is 15.3. The molecule has 0 spiro atoms. The number of anilines is 3. The van der Waals surface area contributed by atoms with E-state index < -0.39 is 0 Å². The predicted molar refractivity (Wildman–Crippen MR) is 255 cm³/mol. The highest BCUT2D eigenvalue weighted by Gasteiger charge is 2.23. The first-order chi connectivity index (χ1) is 29.8. The smallest absolute Gasteiger partial charge is 0.0541 e. The third kappa shape index (κ3) is 6.14. The number of para-hydroxylation sites is 4. The summed E-state index contributed by atoms with van der Waals surface area (Å²) in [4.78, 5) is 2.46. The monoisotopic (exact) mass is 764 g/mol. The lowest BCUT2D eigenvalue weighted by molar-refractivity contribution is 1.18. The highest BCUT2D eigenvalue weighted by Crippen LogP contribution is 2.47. The number of fused-ring (bicyclic) bond motifs is 4. The van der Waals surface area contributed by atoms with E-state index >= 15 is 0 Å². The van der Waals surface area contributed by atoms with E-state index in [1.54, 1.807) is 0 Å². The first kappa shape index (κ1) is 35.2. The van der Waals surface area contributed by atoms with Crippen LogP contribution in [0.2, 0.25) is 0 Å². The number of hydrogen-bond acceptors (Lipinski definition) is 1. The van der Waals surface area contributed by atoms with Gasteiger partial charge in [0.2, 0.25) is 0 Å². The highest BCUT2D eigenvalue weighted by atomic mass is 15.1. The van der Waals surface area contributed by atoms with Gasteiger partial charge in [-0.2, -0.15) is 0 Å². The van der Waals surface area contributed by atoms with Crippen LogP contribution >= 0.6 is 0 Å². The van der Waals surface area contributed by atoms with Gasteiger partial charge in [0.15, 0.2) is 0 Å². The van der Waals surface area contributed by atoms with Gasteiger partial charge >= 0.3 is 0 Å². The molecular formula is C58H40N2. The van der Waals surface area contributed by atoms with Gasteiger partial charge in [0.1, 0.15) is 0 Å². The molecule has 10 aromatic carbocycles. The number of benzene rings is 10. The quantitative estimate of drug-likeness (QED) is 0.150. The van der Waals surface area contributed by atoms with Gasteiger partial charge in [-0.05, 0) is 87.1 Å². The summed E-state index contributed by atoms with van der Waals surface area (Å²) in [6.45, 7) is 0. The first-order valence-electron chi connectivity index (χ1n) is 20.6. The first-order valence-corrected chi connectivity index (χ1v) is 20.6. The van der Waals surface area contributed by atoms with Crippen molar-refractivity contribution in [2.45, 2.75) is 0 Å². The van der Waals surface area contributed by atoms with E-state index in [2.05, 4.69) is 252 Å². The molecule has 2 heteroatoms. The summed E-state index contributed by atoms with van der Waals surface area (Å²) in [5.41, 5.74) is 16.2. The summed E-state index contributed by atoms with van der Waals surface area (Å²) < 4.78 is 2.42. The lowest BCUT2D eigenvalue weighted by Gasteiger charge is -2.30. The Kier molecular flexibility index (Phi) is 8.87. The van der Waals surface area contributed by atoms with Crippen molar-refractivity contribution in [1.82, 2.24) is 4.57 Å². The Bertz CT molecular complexity index is 3250. The molecule has 0 N–H and O–H groups in total. The minimum Gasteiger partial charge on any atom is -0.309 e. The van der Waals surface area contributed by atoms with E-state index in [0.717, 1.165) is 39.4 Å². The molecule has 1 aromatic heterocycles. The van der Waals surface area contributed by atoms with Crippen molar-refractivity contribution >= 4 is 49.6 Å². The molecule has 0 radical (unpaired) electrons. The van der Waals surface area contributed by atoms with Gasteiger partial charge in [0.25, 0.3) is 0 Å². The number of rotatable bonds is 8. The Morgan fingerprint density at radius 3 is 1.52 bits per heavy atom. The molecule has 0 amide bonds. The van der Waals surface area contributed by atoms with Gasteiger partial charge in [0, 0.05) is 33.2 Å². The van der Waals surface area contributed by atoms with E-state index in [1.807, 2.05) is 0 Å². The van der Waals surface area contributed by atoms with Gasteiger partial charge in [-0.25, -0.2) is 0 Å². The largest absolute Gasteiger partial charge is 0.309 e. The number of nitrogens with zero attached hydrogens (tertiary/aromatic N) is 2. The zero-order chi connectivity index (χ0) is 39.8. The maximum atomic E-state index is 2.46. The van der Waals surface area contributed by atoms with Crippen molar-refractivity contribution in [2.75, 3.05) is 4.90 Å². The van der Waals surface area contributed by atoms with Gasteiger partial charge < -0.3 is 9.47 Å². The molecule has 1 heterocycles. The fraction of sp³-hybridized carbons (Fsp3) is 0. The van der Waals surface area contributed by atoms with Crippen LogP contribution in [0.25, 0.3) is 82.8 Å². The van der Waals surface area contributed by atoms with Gasteiger partial charge in [0.05, 0.1) is 28.1 Å². The van der Waals surface area contributed by atoms with Crippen molar-refractivity contribution in [2.24, 2.45) is 0 Å². The molecule has 0 saturated carbocycles. The van der Waals surface area contributed by atoms with Gasteiger partial charge in [-0.3, -0.25) is 0 Å². The van der Waals surface area contributed by atoms with Crippen LogP contribution in [0.15, 0.2) is 243 Å². The van der Waals surface area contributed by atoms with Crippen molar-refractivity contribution < 1.29 is 0 Å². The zero-order valence-corrected chi connectivity index (χ0v) is 33.0. The van der Waals surface area contributed by atoms with E-state index in [9.17, 15) is 0 Å². The van der Waals surface area contributed by atoms with Crippen molar-refractivity contribution in [3.63, 3.8) is 0 Å². The third-order valence-corrected chi connectivity index (χ3v) is 11.8. The average molecular weight is 765 g/mol. The van der Waals surface area contributed by atoms with Crippen LogP contribution in [-0.4, -0.2) is 4.57 Å². The predicted octanol–water partition coefficient (Wildman–Crippen LogP) is 16.1. The Morgan fingerprint density at radius 1 is 0.283 bits per heavy atom. The summed E-state index contributed by atoms with van der Waals surface area (Å²) in [6.07, 6.45) is 0. The minimum atomic E-state index is 1.07. The van der Waals surface area contributed by atoms with Crippen LogP contribution in [-0.2, 0) is 0 Å². The third-order valence-electron chi connectivity index (χ3n) is 11.8. The highest BCUT2D eigenvalue weighted by molar-refractivity contribution is 6.10. The maximum absolute atomic E-state index is 2.46. The molecule has 60 heavy (non-hydrogen) atoms. The molecular weight excluding hydrogens is 725 g/mol. The molecule has 0 saturated heterocycles. The van der Waals surface area contributed by atoms with E-state index in [0.29, 0.717) is 0 Å². The molecule has 0 unspecified atom stereocenters. The molecule has 0 aliphatic carbocycles. The number of hydrogen-bond donors (Lipinski definition) is 0. The Balaban J connectivity index is 1.12. The second-order valence-corrected chi connectivity index (χ2v) is 15.3. The normalized spacial score (nSPS) is 11.3. The number of aromatic nitrogens is 1. The fourth-order valence-electron chi connectivity index (χ4n) is 9.04. The van der Waals surface area contributed by atoms with E-state index in [4.69, 9.17) is 0 Å². The van der Waals surface area contributed by atoms with E-state index in [1.165, 1.54) is 60.4 Å². The van der Waals surface area contributed by atoms with E-state index in [-0.39, 0.29) is 0 Å². The molecule has 0 aliphatic heterocycles. The second kappa shape index (κ2) is 15.1. The molecule has 282 valence electrons. The molecule has 11 rings (SSSR count). The van der Waals surface area contributed by atoms with Crippen LogP contribution in [0.3, 0.4) is 0 Å². The SMILES string of the molecule is c1ccc(-c2ccc(N(c3ccc(-c4ccccc4-n4c5ccccc5c5ccccc54)cc3)c3ccccc3-c3cccc4ccccc34)c(-c3ccccc3)c2)cc1. The van der Waals surface area contributed by atoms with Crippen LogP contribution in [0.4, 0.5) is 17.1 Å². The standard InChI is InChI=1S/C58H40N2/c1-3-18-41(19-4-1)45-36-39-58(53(40-45)43-20-5-2-6-21-43)59(55-31-14-10-26-50(55)49-29-17-23-42-22-7-8-24-47(42)49)46-37-34-44(35-38-46)48-25-9-13-30-54(48)60-56-32-15-11-27-51(56)52-28-12-16-33-57(52)60/h1-40H. The zero-order valence-electron chi connectivity index (χ0n) is 33.0. The lowest BCUT2D eigenvalue weighted by atomic mass is 9.94. The summed E-state index contributed by atoms with van der Waals surface area (Å²) in [6, 6.07) is 87.9. The van der Waals surface area contributed by atoms with Crippen molar-refractivity contribution in [1.29, 1.82) is 0 Å². The van der Waals surface area contributed by atoms with Crippen molar-refractivity contribution in [3.8, 4) is 50.2 Å². The summed E-state index contributed by atoms with van der Waals surface area (Å²) >= 11 is 0. The molecule has 0 aliphatic rings. The molecule has 2 nitrogen and oxygen atoms in total. The fourth-order valence-corrected chi connectivity index (χ4v) is 9.04. The Labute approximate surface area is 350 Å². The Morgan fingerprint density at radius 2 is 0.783 bits per heavy atom. The Hall–Kier alpha value is -7.94. The van der Waals surface area contributed by atoms with Crippen LogP contribution in [0, 0.1) is 0 Å². The van der Waals surface area contributed by atoms with Gasteiger partial charge in [-0.1, -0.05) is 194 Å².